The SMILES string of the molecule is COC(=O)c1cc(OC)ccc1NC(=O)Cc1csc(-c2ccccc2)n1. The Bertz CT molecular complexity index is 954. The van der Waals surface area contributed by atoms with E-state index in [0.29, 0.717) is 17.1 Å². The van der Waals surface area contributed by atoms with Gasteiger partial charge < -0.3 is 14.8 Å². The van der Waals surface area contributed by atoms with Crippen molar-refractivity contribution >= 4 is 28.9 Å². The van der Waals surface area contributed by atoms with E-state index in [2.05, 4.69) is 10.3 Å². The van der Waals surface area contributed by atoms with E-state index in [0.717, 1.165) is 10.6 Å². The van der Waals surface area contributed by atoms with Gasteiger partial charge in [-0.2, -0.15) is 0 Å². The highest BCUT2D eigenvalue weighted by molar-refractivity contribution is 7.13. The molecule has 7 heteroatoms. The fraction of sp³-hybridized carbons (Fsp3) is 0.150. The topological polar surface area (TPSA) is 77.5 Å². The second-order valence-corrected chi connectivity index (χ2v) is 6.50. The molecular weight excluding hydrogens is 364 g/mol. The number of carbonyl (C=O) groups is 2. The van der Waals surface area contributed by atoms with Crippen molar-refractivity contribution < 1.29 is 19.1 Å². The average Bonchev–Trinajstić information content (AvgIpc) is 3.16. The standard InChI is InChI=1S/C20H18N2O4S/c1-25-15-8-9-17(16(11-15)20(24)26-2)22-18(23)10-14-12-27-19(21-14)13-6-4-3-5-7-13/h3-9,11-12H,10H2,1-2H3,(H,22,23). The number of anilines is 1. The highest BCUT2D eigenvalue weighted by Gasteiger charge is 2.16. The monoisotopic (exact) mass is 382 g/mol. The summed E-state index contributed by atoms with van der Waals surface area (Å²) in [6.45, 7) is 0. The van der Waals surface area contributed by atoms with Gasteiger partial charge in [0.15, 0.2) is 0 Å². The third-order valence-electron chi connectivity index (χ3n) is 3.82. The van der Waals surface area contributed by atoms with Crippen LogP contribution in [0.2, 0.25) is 0 Å². The summed E-state index contributed by atoms with van der Waals surface area (Å²) >= 11 is 1.49. The summed E-state index contributed by atoms with van der Waals surface area (Å²) in [4.78, 5) is 28.9. The molecule has 27 heavy (non-hydrogen) atoms. The van der Waals surface area contributed by atoms with Crippen LogP contribution in [0, 0.1) is 0 Å². The molecule has 1 N–H and O–H groups in total. The molecule has 1 amide bonds. The van der Waals surface area contributed by atoms with E-state index in [1.54, 1.807) is 12.1 Å². The van der Waals surface area contributed by atoms with Crippen LogP contribution in [-0.4, -0.2) is 31.1 Å². The molecule has 0 aliphatic rings. The van der Waals surface area contributed by atoms with E-state index in [4.69, 9.17) is 9.47 Å². The number of carbonyl (C=O) groups excluding carboxylic acids is 2. The first-order valence-electron chi connectivity index (χ1n) is 8.16. The Hall–Kier alpha value is -3.19. The molecule has 1 aromatic heterocycles. The summed E-state index contributed by atoms with van der Waals surface area (Å²) < 4.78 is 9.89. The molecule has 138 valence electrons. The second-order valence-electron chi connectivity index (χ2n) is 5.64. The number of benzene rings is 2. The zero-order valence-corrected chi connectivity index (χ0v) is 15.7. The number of rotatable bonds is 6. The molecule has 3 aromatic rings. The number of nitrogens with one attached hydrogen (secondary N) is 1. The van der Waals surface area contributed by atoms with Crippen LogP contribution in [-0.2, 0) is 16.0 Å². The number of hydrogen-bond donors (Lipinski definition) is 1. The Morgan fingerprint density at radius 2 is 1.89 bits per heavy atom. The van der Waals surface area contributed by atoms with Crippen LogP contribution in [0.15, 0.2) is 53.9 Å². The number of ether oxygens (including phenoxy) is 2. The van der Waals surface area contributed by atoms with Crippen molar-refractivity contribution in [1.29, 1.82) is 0 Å². The minimum Gasteiger partial charge on any atom is -0.497 e. The summed E-state index contributed by atoms with van der Waals surface area (Å²) in [7, 11) is 2.79. The van der Waals surface area contributed by atoms with Crippen molar-refractivity contribution in [2.75, 3.05) is 19.5 Å². The number of methoxy groups -OCH3 is 2. The van der Waals surface area contributed by atoms with Gasteiger partial charge in [0.25, 0.3) is 0 Å². The molecule has 0 atom stereocenters. The number of esters is 1. The van der Waals surface area contributed by atoms with Crippen LogP contribution in [0.1, 0.15) is 16.1 Å². The molecule has 0 spiro atoms. The third-order valence-corrected chi connectivity index (χ3v) is 4.76. The predicted octanol–water partition coefficient (Wildman–Crippen LogP) is 3.79. The molecule has 0 aliphatic heterocycles. The summed E-state index contributed by atoms with van der Waals surface area (Å²) in [5.74, 6) is -0.320. The lowest BCUT2D eigenvalue weighted by molar-refractivity contribution is -0.115. The van der Waals surface area contributed by atoms with Gasteiger partial charge >= 0.3 is 5.97 Å². The number of aromatic nitrogens is 1. The maximum Gasteiger partial charge on any atom is 0.340 e. The molecule has 6 nitrogen and oxygen atoms in total. The van der Waals surface area contributed by atoms with E-state index in [1.807, 2.05) is 35.7 Å². The lowest BCUT2D eigenvalue weighted by Gasteiger charge is -2.11. The van der Waals surface area contributed by atoms with Gasteiger partial charge in [0.2, 0.25) is 5.91 Å². The fourth-order valence-corrected chi connectivity index (χ4v) is 3.32. The third kappa shape index (κ3) is 4.51. The van der Waals surface area contributed by atoms with Crippen molar-refractivity contribution in [2.24, 2.45) is 0 Å². The molecule has 1 heterocycles. The zero-order valence-electron chi connectivity index (χ0n) is 14.9. The fourth-order valence-electron chi connectivity index (χ4n) is 2.50. The van der Waals surface area contributed by atoms with Crippen LogP contribution in [0.5, 0.6) is 5.75 Å². The van der Waals surface area contributed by atoms with Crippen molar-refractivity contribution in [2.45, 2.75) is 6.42 Å². The van der Waals surface area contributed by atoms with Crippen molar-refractivity contribution in [3.63, 3.8) is 0 Å². The van der Waals surface area contributed by atoms with E-state index in [1.165, 1.54) is 31.6 Å². The first-order chi connectivity index (χ1) is 13.1. The highest BCUT2D eigenvalue weighted by atomic mass is 32.1. The van der Waals surface area contributed by atoms with Crippen molar-refractivity contribution in [3.8, 4) is 16.3 Å². The second kappa shape index (κ2) is 8.46. The van der Waals surface area contributed by atoms with Crippen LogP contribution in [0.3, 0.4) is 0 Å². The van der Waals surface area contributed by atoms with Crippen LogP contribution >= 0.6 is 11.3 Å². The number of nitrogens with zero attached hydrogens (tertiary/aromatic N) is 1. The van der Waals surface area contributed by atoms with E-state index in [9.17, 15) is 9.59 Å². The smallest absolute Gasteiger partial charge is 0.340 e. The Morgan fingerprint density at radius 1 is 1.11 bits per heavy atom. The van der Waals surface area contributed by atoms with E-state index in [-0.39, 0.29) is 17.9 Å². The Morgan fingerprint density at radius 3 is 2.59 bits per heavy atom. The maximum atomic E-state index is 12.4. The molecule has 0 radical (unpaired) electrons. The molecule has 0 aliphatic carbocycles. The van der Waals surface area contributed by atoms with Crippen LogP contribution in [0.25, 0.3) is 10.6 Å². The molecule has 0 bridgehead atoms. The Kier molecular flexibility index (Phi) is 5.83. The molecule has 3 rings (SSSR count). The van der Waals surface area contributed by atoms with E-state index >= 15 is 0 Å². The summed E-state index contributed by atoms with van der Waals surface area (Å²) in [6.07, 6.45) is 0.107. The first-order valence-corrected chi connectivity index (χ1v) is 9.04. The van der Waals surface area contributed by atoms with Gasteiger partial charge in [0.1, 0.15) is 10.8 Å². The van der Waals surface area contributed by atoms with Gasteiger partial charge in [-0.25, -0.2) is 9.78 Å². The minimum absolute atomic E-state index is 0.107. The van der Waals surface area contributed by atoms with Gasteiger partial charge in [-0.3, -0.25) is 4.79 Å². The highest BCUT2D eigenvalue weighted by Crippen LogP contribution is 2.25. The molecular formula is C20H18N2O4S. The zero-order chi connectivity index (χ0) is 19.2. The van der Waals surface area contributed by atoms with Gasteiger partial charge in [-0.05, 0) is 18.2 Å². The molecule has 0 fully saturated rings. The van der Waals surface area contributed by atoms with Gasteiger partial charge in [-0.15, -0.1) is 11.3 Å². The lowest BCUT2D eigenvalue weighted by Crippen LogP contribution is -2.17. The largest absolute Gasteiger partial charge is 0.497 e. The van der Waals surface area contributed by atoms with Gasteiger partial charge in [0, 0.05) is 10.9 Å². The minimum atomic E-state index is -0.552. The van der Waals surface area contributed by atoms with E-state index < -0.39 is 5.97 Å². The lowest BCUT2D eigenvalue weighted by atomic mass is 10.1. The summed E-state index contributed by atoms with van der Waals surface area (Å²) in [5, 5.41) is 5.46. The molecule has 2 aromatic carbocycles. The first kappa shape index (κ1) is 18.6. The summed E-state index contributed by atoms with van der Waals surface area (Å²) in [6, 6.07) is 14.6. The van der Waals surface area contributed by atoms with Crippen molar-refractivity contribution in [3.05, 3.63) is 65.2 Å². The number of thiazole rings is 1. The normalized spacial score (nSPS) is 10.3. The number of amides is 1. The molecule has 0 unspecified atom stereocenters. The van der Waals surface area contributed by atoms with Crippen LogP contribution < -0.4 is 10.1 Å². The maximum absolute atomic E-state index is 12.4. The average molecular weight is 382 g/mol. The Labute approximate surface area is 160 Å². The van der Waals surface area contributed by atoms with Gasteiger partial charge in [0.05, 0.1) is 37.6 Å². The summed E-state index contributed by atoms with van der Waals surface area (Å²) in [5.41, 5.74) is 2.28. The predicted molar refractivity (Wildman–Crippen MR) is 104 cm³/mol. The molecule has 0 saturated carbocycles. The molecule has 0 saturated heterocycles. The number of hydrogen-bond acceptors (Lipinski definition) is 6. The Balaban J connectivity index is 1.73. The van der Waals surface area contributed by atoms with Gasteiger partial charge in [-0.1, -0.05) is 30.3 Å². The quantitative estimate of drug-likeness (QED) is 0.657. The van der Waals surface area contributed by atoms with Crippen LogP contribution in [0.4, 0.5) is 5.69 Å². The van der Waals surface area contributed by atoms with Crippen molar-refractivity contribution in [1.82, 2.24) is 4.98 Å².